The first-order valence-corrected chi connectivity index (χ1v) is 11.2. The minimum absolute atomic E-state index is 0.0399. The van der Waals surface area contributed by atoms with Crippen LogP contribution in [0.3, 0.4) is 0 Å². The summed E-state index contributed by atoms with van der Waals surface area (Å²) in [5, 5.41) is 9.59. The van der Waals surface area contributed by atoms with Crippen molar-refractivity contribution in [1.82, 2.24) is 9.21 Å². The zero-order valence-corrected chi connectivity index (χ0v) is 18.9. The van der Waals surface area contributed by atoms with E-state index in [0.717, 1.165) is 0 Å². The van der Waals surface area contributed by atoms with Gasteiger partial charge in [-0.05, 0) is 25.1 Å². The summed E-state index contributed by atoms with van der Waals surface area (Å²) in [4.78, 5) is 13.7. The van der Waals surface area contributed by atoms with Crippen molar-refractivity contribution >= 4 is 31.9 Å². The van der Waals surface area contributed by atoms with E-state index in [9.17, 15) is 18.3 Å². The highest BCUT2D eigenvalue weighted by atomic mass is 79.9. The Morgan fingerprint density at radius 3 is 2.79 bits per heavy atom. The van der Waals surface area contributed by atoms with E-state index in [-0.39, 0.29) is 48.8 Å². The van der Waals surface area contributed by atoms with Crippen LogP contribution in [0.25, 0.3) is 0 Å². The molecular weight excluding hydrogens is 452 g/mol. The predicted molar refractivity (Wildman–Crippen MR) is 108 cm³/mol. The highest BCUT2D eigenvalue weighted by molar-refractivity contribution is 9.10. The molecule has 0 bridgehead atoms. The number of aliphatic hydroxyl groups excluding tert-OH is 1. The van der Waals surface area contributed by atoms with Crippen LogP contribution in [0.2, 0.25) is 0 Å². The van der Waals surface area contributed by atoms with Crippen molar-refractivity contribution in [3.8, 4) is 5.75 Å². The van der Waals surface area contributed by atoms with Crippen molar-refractivity contribution in [1.29, 1.82) is 0 Å². The van der Waals surface area contributed by atoms with Crippen molar-refractivity contribution in [3.63, 3.8) is 0 Å². The van der Waals surface area contributed by atoms with Crippen molar-refractivity contribution in [2.75, 3.05) is 40.5 Å². The third kappa shape index (κ3) is 5.04. The van der Waals surface area contributed by atoms with Gasteiger partial charge in [0, 0.05) is 37.1 Å². The summed E-state index contributed by atoms with van der Waals surface area (Å²) in [7, 11) is -0.746. The topological polar surface area (TPSA) is 96.4 Å². The summed E-state index contributed by atoms with van der Waals surface area (Å²) < 4.78 is 39.4. The Hall–Kier alpha value is -1.20. The molecule has 0 saturated carbocycles. The van der Waals surface area contributed by atoms with Gasteiger partial charge in [0.15, 0.2) is 0 Å². The van der Waals surface area contributed by atoms with E-state index in [1.165, 1.54) is 22.4 Å². The molecule has 1 N–H and O–H groups in total. The molecule has 8 nitrogen and oxygen atoms in total. The minimum Gasteiger partial charge on any atom is -0.487 e. The molecule has 28 heavy (non-hydrogen) atoms. The molecule has 0 unspecified atom stereocenters. The SMILES string of the molecule is COCC(=O)N(C)C[C@H]1Oc2cc(Br)ccc2S(=O)(=O)N([C@@H](C)CO)C[C@H]1C. The number of ether oxygens (including phenoxy) is 2. The molecule has 1 heterocycles. The molecule has 10 heteroatoms. The number of hydrogen-bond donors (Lipinski definition) is 1. The Labute approximate surface area is 174 Å². The van der Waals surface area contributed by atoms with Crippen LogP contribution in [-0.4, -0.2) is 81.2 Å². The second-order valence-electron chi connectivity index (χ2n) is 7.04. The average molecular weight is 479 g/mol. The lowest BCUT2D eigenvalue weighted by Gasteiger charge is -2.37. The van der Waals surface area contributed by atoms with Crippen LogP contribution in [0.15, 0.2) is 27.6 Å². The largest absolute Gasteiger partial charge is 0.487 e. The van der Waals surface area contributed by atoms with Gasteiger partial charge in [-0.3, -0.25) is 4.79 Å². The van der Waals surface area contributed by atoms with E-state index >= 15 is 0 Å². The van der Waals surface area contributed by atoms with E-state index in [4.69, 9.17) is 9.47 Å². The minimum atomic E-state index is -3.85. The van der Waals surface area contributed by atoms with Crippen LogP contribution in [0.1, 0.15) is 13.8 Å². The third-order valence-corrected chi connectivity index (χ3v) is 7.29. The van der Waals surface area contributed by atoms with Gasteiger partial charge in [-0.2, -0.15) is 4.31 Å². The van der Waals surface area contributed by atoms with Gasteiger partial charge in [-0.1, -0.05) is 22.9 Å². The number of nitrogens with zero attached hydrogens (tertiary/aromatic N) is 2. The van der Waals surface area contributed by atoms with E-state index < -0.39 is 22.2 Å². The molecule has 1 aliphatic heterocycles. The molecule has 1 aromatic carbocycles. The zero-order chi connectivity index (χ0) is 21.1. The van der Waals surface area contributed by atoms with Crippen molar-refractivity contribution < 1.29 is 27.8 Å². The average Bonchev–Trinajstić information content (AvgIpc) is 2.63. The maximum absolute atomic E-state index is 13.2. The highest BCUT2D eigenvalue weighted by Crippen LogP contribution is 2.35. The van der Waals surface area contributed by atoms with E-state index in [0.29, 0.717) is 4.47 Å². The second kappa shape index (κ2) is 9.53. The maximum Gasteiger partial charge on any atom is 0.248 e. The summed E-state index contributed by atoms with van der Waals surface area (Å²) in [5.41, 5.74) is 0. The molecule has 1 aromatic rings. The van der Waals surface area contributed by atoms with Gasteiger partial charge < -0.3 is 19.5 Å². The van der Waals surface area contributed by atoms with Crippen LogP contribution < -0.4 is 4.74 Å². The van der Waals surface area contributed by atoms with E-state index in [1.807, 2.05) is 6.92 Å². The number of aliphatic hydroxyl groups is 1. The van der Waals surface area contributed by atoms with Crippen LogP contribution in [-0.2, 0) is 19.6 Å². The fourth-order valence-electron chi connectivity index (χ4n) is 3.02. The molecule has 2 rings (SSSR count). The predicted octanol–water partition coefficient (Wildman–Crippen LogP) is 1.32. The normalized spacial score (nSPS) is 23.1. The number of methoxy groups -OCH3 is 1. The lowest BCUT2D eigenvalue weighted by Crippen LogP contribution is -2.50. The molecule has 0 spiro atoms. The van der Waals surface area contributed by atoms with E-state index in [1.54, 1.807) is 26.1 Å². The fourth-order valence-corrected chi connectivity index (χ4v) is 5.19. The Kier molecular flexibility index (Phi) is 7.86. The van der Waals surface area contributed by atoms with Crippen LogP contribution in [0.5, 0.6) is 5.75 Å². The maximum atomic E-state index is 13.2. The summed E-state index contributed by atoms with van der Waals surface area (Å²) >= 11 is 3.35. The lowest BCUT2D eigenvalue weighted by atomic mass is 10.0. The van der Waals surface area contributed by atoms with Crippen LogP contribution in [0, 0.1) is 5.92 Å². The molecule has 3 atom stereocenters. The molecule has 158 valence electrons. The second-order valence-corrected chi connectivity index (χ2v) is 9.81. The zero-order valence-electron chi connectivity index (χ0n) is 16.5. The molecule has 0 radical (unpaired) electrons. The van der Waals surface area contributed by atoms with Crippen molar-refractivity contribution in [2.24, 2.45) is 5.92 Å². The van der Waals surface area contributed by atoms with Gasteiger partial charge in [-0.25, -0.2) is 8.42 Å². The number of amides is 1. The quantitative estimate of drug-likeness (QED) is 0.662. The first-order valence-electron chi connectivity index (χ1n) is 8.93. The Morgan fingerprint density at radius 1 is 1.50 bits per heavy atom. The summed E-state index contributed by atoms with van der Waals surface area (Å²) in [5.74, 6) is -0.203. The number of halogens is 1. The highest BCUT2D eigenvalue weighted by Gasteiger charge is 2.38. The Bertz CT molecular complexity index is 803. The molecule has 1 aliphatic rings. The molecule has 0 fully saturated rings. The standard InChI is InChI=1S/C18H27BrN2O6S/c1-12-8-21(13(2)10-22)28(24,25)17-6-5-14(19)7-15(17)27-16(12)9-20(3)18(23)11-26-4/h5-7,12-13,16,22H,8-11H2,1-4H3/t12-,13+,16-/m1/s1. The van der Waals surface area contributed by atoms with Gasteiger partial charge in [0.05, 0.1) is 13.2 Å². The molecule has 0 aliphatic carbocycles. The summed E-state index contributed by atoms with van der Waals surface area (Å²) in [6.45, 7) is 3.63. The van der Waals surface area contributed by atoms with Crippen molar-refractivity contribution in [2.45, 2.75) is 30.9 Å². The number of fused-ring (bicyclic) bond motifs is 1. The fraction of sp³-hybridized carbons (Fsp3) is 0.611. The van der Waals surface area contributed by atoms with Gasteiger partial charge in [0.25, 0.3) is 0 Å². The van der Waals surface area contributed by atoms with Crippen LogP contribution >= 0.6 is 15.9 Å². The number of hydrogen-bond acceptors (Lipinski definition) is 6. The van der Waals surface area contributed by atoms with Gasteiger partial charge in [0.2, 0.25) is 15.9 Å². The van der Waals surface area contributed by atoms with Gasteiger partial charge in [-0.15, -0.1) is 0 Å². The Balaban J connectivity index is 2.46. The van der Waals surface area contributed by atoms with Crippen molar-refractivity contribution in [3.05, 3.63) is 22.7 Å². The Morgan fingerprint density at radius 2 is 2.18 bits per heavy atom. The number of rotatable bonds is 6. The van der Waals surface area contributed by atoms with Crippen LogP contribution in [0.4, 0.5) is 0 Å². The molecular formula is C18H27BrN2O6S. The summed E-state index contributed by atoms with van der Waals surface area (Å²) in [6.07, 6.45) is -0.442. The number of sulfonamides is 1. The molecule has 1 amide bonds. The number of carbonyl (C=O) groups is 1. The van der Waals surface area contributed by atoms with E-state index in [2.05, 4.69) is 15.9 Å². The number of benzene rings is 1. The van der Waals surface area contributed by atoms with Gasteiger partial charge >= 0.3 is 0 Å². The van der Waals surface area contributed by atoms with Gasteiger partial charge in [0.1, 0.15) is 23.4 Å². The molecule has 0 aromatic heterocycles. The smallest absolute Gasteiger partial charge is 0.248 e. The lowest BCUT2D eigenvalue weighted by molar-refractivity contribution is -0.135. The summed E-state index contributed by atoms with van der Waals surface area (Å²) in [6, 6.07) is 4.14. The third-order valence-electron chi connectivity index (χ3n) is 4.78. The molecule has 0 saturated heterocycles. The number of likely N-dealkylation sites (N-methyl/N-ethyl adjacent to an activating group) is 1. The first kappa shape index (κ1) is 23.1. The first-order chi connectivity index (χ1) is 13.1. The number of carbonyl (C=O) groups excluding carboxylic acids is 1. The monoisotopic (exact) mass is 478 g/mol.